The summed E-state index contributed by atoms with van der Waals surface area (Å²) in [5.41, 5.74) is 3.61. The Morgan fingerprint density at radius 2 is 1.92 bits per heavy atom. The highest BCUT2D eigenvalue weighted by Gasteiger charge is 2.11. The molecule has 0 fully saturated rings. The van der Waals surface area contributed by atoms with Crippen LogP contribution < -0.4 is 14.8 Å². The van der Waals surface area contributed by atoms with E-state index in [1.54, 1.807) is 13.2 Å². The van der Waals surface area contributed by atoms with E-state index in [0.717, 1.165) is 22.4 Å². The molecular weight excluding hydrogens is 332 g/mol. The van der Waals surface area contributed by atoms with Crippen molar-refractivity contribution in [2.24, 2.45) is 0 Å². The third kappa shape index (κ3) is 4.03. The van der Waals surface area contributed by atoms with E-state index in [1.807, 2.05) is 56.3 Å². The first-order chi connectivity index (χ1) is 12.6. The number of carbonyl (C=O) groups excluding carboxylic acids is 1. The Morgan fingerprint density at radius 1 is 1.15 bits per heavy atom. The van der Waals surface area contributed by atoms with E-state index in [4.69, 9.17) is 14.0 Å². The normalized spacial score (nSPS) is 10.4. The molecule has 0 bridgehead atoms. The second kappa shape index (κ2) is 7.74. The van der Waals surface area contributed by atoms with Gasteiger partial charge in [-0.25, -0.2) is 0 Å². The second-order valence-electron chi connectivity index (χ2n) is 5.84. The maximum Gasteiger partial charge on any atom is 0.264 e. The highest BCUT2D eigenvalue weighted by molar-refractivity contribution is 5.91. The number of aryl methyl sites for hydroxylation is 1. The molecule has 0 spiro atoms. The average Bonchev–Trinajstić information content (AvgIpc) is 3.11. The molecule has 3 aromatic rings. The summed E-state index contributed by atoms with van der Waals surface area (Å²) in [7, 11) is 1.61. The Labute approximate surface area is 151 Å². The number of anilines is 1. The van der Waals surface area contributed by atoms with Crippen LogP contribution in [0.2, 0.25) is 0 Å². The summed E-state index contributed by atoms with van der Waals surface area (Å²) < 4.78 is 15.9. The van der Waals surface area contributed by atoms with Gasteiger partial charge in [0.05, 0.1) is 7.11 Å². The number of carbonyl (C=O) groups is 1. The maximum absolute atomic E-state index is 12.1. The van der Waals surface area contributed by atoms with Gasteiger partial charge in [0.1, 0.15) is 17.2 Å². The van der Waals surface area contributed by atoms with Crippen molar-refractivity contribution in [1.82, 2.24) is 5.16 Å². The molecule has 0 saturated heterocycles. The molecule has 3 rings (SSSR count). The monoisotopic (exact) mass is 352 g/mol. The lowest BCUT2D eigenvalue weighted by Gasteiger charge is -2.10. The zero-order chi connectivity index (χ0) is 18.5. The van der Waals surface area contributed by atoms with Gasteiger partial charge in [0, 0.05) is 11.6 Å². The number of aromatic nitrogens is 1. The molecule has 134 valence electrons. The number of nitrogens with one attached hydrogen (secondary N) is 1. The number of benzene rings is 2. The summed E-state index contributed by atoms with van der Waals surface area (Å²) in [4.78, 5) is 12.1. The molecule has 0 saturated carbocycles. The molecule has 26 heavy (non-hydrogen) atoms. The Hall–Kier alpha value is -3.28. The van der Waals surface area contributed by atoms with Gasteiger partial charge in [-0.15, -0.1) is 0 Å². The van der Waals surface area contributed by atoms with Crippen LogP contribution in [0.4, 0.5) is 5.88 Å². The molecule has 0 unspecified atom stereocenters. The number of rotatable bonds is 6. The number of ether oxygens (including phenoxy) is 2. The topological polar surface area (TPSA) is 73.6 Å². The van der Waals surface area contributed by atoms with Crippen LogP contribution in [-0.4, -0.2) is 24.8 Å². The van der Waals surface area contributed by atoms with Crippen molar-refractivity contribution < 1.29 is 18.8 Å². The third-order valence-electron chi connectivity index (χ3n) is 4.07. The molecule has 0 atom stereocenters. The number of hydrogen-bond donors (Lipinski definition) is 1. The van der Waals surface area contributed by atoms with Gasteiger partial charge in [-0.1, -0.05) is 17.3 Å². The van der Waals surface area contributed by atoms with Crippen LogP contribution in [-0.2, 0) is 4.79 Å². The van der Waals surface area contributed by atoms with E-state index >= 15 is 0 Å². The molecule has 1 heterocycles. The molecular formula is C20H20N2O4. The standard InChI is InChI=1S/C20H20N2O4/c1-13-5-4-6-18(14(13)2)25-12-19(23)21-20-11-17(22-26-20)15-7-9-16(24-3)10-8-15/h4-11H,12H2,1-3H3,(H,21,23). The van der Waals surface area contributed by atoms with Crippen LogP contribution in [0.1, 0.15) is 11.1 Å². The van der Waals surface area contributed by atoms with Gasteiger partial charge in [-0.05, 0) is 55.3 Å². The fraction of sp³-hybridized carbons (Fsp3) is 0.200. The third-order valence-corrected chi connectivity index (χ3v) is 4.07. The SMILES string of the molecule is COc1ccc(-c2cc(NC(=O)COc3cccc(C)c3C)on2)cc1. The van der Waals surface area contributed by atoms with Crippen molar-refractivity contribution in [3.8, 4) is 22.8 Å². The van der Waals surface area contributed by atoms with Crippen LogP contribution in [0, 0.1) is 13.8 Å². The first-order valence-corrected chi connectivity index (χ1v) is 8.17. The first-order valence-electron chi connectivity index (χ1n) is 8.17. The van der Waals surface area contributed by atoms with E-state index in [9.17, 15) is 4.79 Å². The smallest absolute Gasteiger partial charge is 0.264 e. The summed E-state index contributed by atoms with van der Waals surface area (Å²) in [5, 5.41) is 6.61. The Balaban J connectivity index is 1.59. The van der Waals surface area contributed by atoms with Crippen LogP contribution in [0.5, 0.6) is 11.5 Å². The highest BCUT2D eigenvalue weighted by atomic mass is 16.5. The Kier molecular flexibility index (Phi) is 5.22. The molecule has 0 aliphatic heterocycles. The van der Waals surface area contributed by atoms with Gasteiger partial charge in [0.15, 0.2) is 6.61 Å². The fourth-order valence-corrected chi connectivity index (χ4v) is 2.43. The minimum atomic E-state index is -0.316. The van der Waals surface area contributed by atoms with Crippen molar-refractivity contribution in [3.05, 3.63) is 59.7 Å². The molecule has 6 nitrogen and oxygen atoms in total. The molecule has 1 amide bonds. The van der Waals surface area contributed by atoms with E-state index in [2.05, 4.69) is 10.5 Å². The van der Waals surface area contributed by atoms with Gasteiger partial charge in [0.25, 0.3) is 5.91 Å². The number of amides is 1. The quantitative estimate of drug-likeness (QED) is 0.726. The zero-order valence-corrected chi connectivity index (χ0v) is 14.9. The lowest BCUT2D eigenvalue weighted by atomic mass is 10.1. The van der Waals surface area contributed by atoms with Crippen LogP contribution >= 0.6 is 0 Å². The van der Waals surface area contributed by atoms with Crippen LogP contribution in [0.15, 0.2) is 53.1 Å². The van der Waals surface area contributed by atoms with Gasteiger partial charge in [-0.3, -0.25) is 10.1 Å². The number of nitrogens with zero attached hydrogens (tertiary/aromatic N) is 1. The summed E-state index contributed by atoms with van der Waals surface area (Å²) in [6.45, 7) is 3.85. The highest BCUT2D eigenvalue weighted by Crippen LogP contribution is 2.24. The Morgan fingerprint density at radius 3 is 2.65 bits per heavy atom. The van der Waals surface area contributed by atoms with Crippen molar-refractivity contribution in [2.45, 2.75) is 13.8 Å². The van der Waals surface area contributed by atoms with Crippen molar-refractivity contribution in [3.63, 3.8) is 0 Å². The molecule has 6 heteroatoms. The van der Waals surface area contributed by atoms with E-state index in [0.29, 0.717) is 11.4 Å². The van der Waals surface area contributed by atoms with Crippen molar-refractivity contribution in [1.29, 1.82) is 0 Å². The minimum absolute atomic E-state index is 0.108. The predicted molar refractivity (Wildman–Crippen MR) is 98.5 cm³/mol. The lowest BCUT2D eigenvalue weighted by molar-refractivity contribution is -0.118. The molecule has 1 aromatic heterocycles. The average molecular weight is 352 g/mol. The van der Waals surface area contributed by atoms with Gasteiger partial charge >= 0.3 is 0 Å². The lowest BCUT2D eigenvalue weighted by Crippen LogP contribution is -2.20. The van der Waals surface area contributed by atoms with Gasteiger partial charge in [0.2, 0.25) is 5.88 Å². The summed E-state index contributed by atoms with van der Waals surface area (Å²) in [6.07, 6.45) is 0. The van der Waals surface area contributed by atoms with Crippen LogP contribution in [0.25, 0.3) is 11.3 Å². The van der Waals surface area contributed by atoms with E-state index in [-0.39, 0.29) is 18.4 Å². The van der Waals surface area contributed by atoms with Gasteiger partial charge in [-0.2, -0.15) is 0 Å². The van der Waals surface area contributed by atoms with E-state index in [1.165, 1.54) is 0 Å². The maximum atomic E-state index is 12.1. The largest absolute Gasteiger partial charge is 0.497 e. The first kappa shape index (κ1) is 17.5. The summed E-state index contributed by atoms with van der Waals surface area (Å²) in [5.74, 6) is 1.40. The summed E-state index contributed by atoms with van der Waals surface area (Å²) in [6, 6.07) is 14.8. The molecule has 0 radical (unpaired) electrons. The molecule has 0 aliphatic carbocycles. The Bertz CT molecular complexity index is 900. The van der Waals surface area contributed by atoms with Crippen LogP contribution in [0.3, 0.4) is 0 Å². The summed E-state index contributed by atoms with van der Waals surface area (Å²) >= 11 is 0. The molecule has 1 N–H and O–H groups in total. The predicted octanol–water partition coefficient (Wildman–Crippen LogP) is 3.98. The van der Waals surface area contributed by atoms with Crippen molar-refractivity contribution in [2.75, 3.05) is 19.0 Å². The minimum Gasteiger partial charge on any atom is -0.497 e. The fourth-order valence-electron chi connectivity index (χ4n) is 2.43. The zero-order valence-electron chi connectivity index (χ0n) is 14.9. The molecule has 0 aliphatic rings. The van der Waals surface area contributed by atoms with Crippen molar-refractivity contribution >= 4 is 11.8 Å². The number of hydrogen-bond acceptors (Lipinski definition) is 5. The number of methoxy groups -OCH3 is 1. The van der Waals surface area contributed by atoms with E-state index < -0.39 is 0 Å². The molecule has 2 aromatic carbocycles. The van der Waals surface area contributed by atoms with Gasteiger partial charge < -0.3 is 14.0 Å². The second-order valence-corrected chi connectivity index (χ2v) is 5.84.